The maximum atomic E-state index is 12.6. The van der Waals surface area contributed by atoms with Gasteiger partial charge in [-0.3, -0.25) is 4.79 Å². The normalized spacial score (nSPS) is 14.5. The van der Waals surface area contributed by atoms with Crippen LogP contribution in [-0.4, -0.2) is 32.6 Å². The lowest BCUT2D eigenvalue weighted by Crippen LogP contribution is -2.59. The van der Waals surface area contributed by atoms with Gasteiger partial charge in [0.1, 0.15) is 0 Å². The molecule has 2 rings (SSSR count). The van der Waals surface area contributed by atoms with E-state index in [-0.39, 0.29) is 5.69 Å². The van der Waals surface area contributed by atoms with E-state index in [1.165, 1.54) is 29.3 Å². The first-order chi connectivity index (χ1) is 9.72. The Balaban J connectivity index is 2.12. The molecule has 112 valence electrons. The van der Waals surface area contributed by atoms with Gasteiger partial charge in [0.25, 0.3) is 5.91 Å². The van der Waals surface area contributed by atoms with Crippen molar-refractivity contribution in [2.45, 2.75) is 18.6 Å². The van der Waals surface area contributed by atoms with Crippen molar-refractivity contribution >= 4 is 11.6 Å². The molecule has 0 bridgehead atoms. The van der Waals surface area contributed by atoms with E-state index in [0.29, 0.717) is 12.6 Å². The van der Waals surface area contributed by atoms with Gasteiger partial charge in [-0.1, -0.05) is 0 Å². The van der Waals surface area contributed by atoms with Crippen molar-refractivity contribution in [3.63, 3.8) is 0 Å². The van der Waals surface area contributed by atoms with Gasteiger partial charge in [0.05, 0.1) is 18.1 Å². The molecular weight excluding hydrogens is 287 g/mol. The molecular formula is C12H12F3N5O. The number of hydrogen-bond acceptors (Lipinski definition) is 4. The van der Waals surface area contributed by atoms with Crippen LogP contribution < -0.4 is 11.1 Å². The van der Waals surface area contributed by atoms with E-state index >= 15 is 0 Å². The van der Waals surface area contributed by atoms with Crippen LogP contribution in [0.3, 0.4) is 0 Å². The summed E-state index contributed by atoms with van der Waals surface area (Å²) in [5.41, 5.74) is 2.86. The Hall–Kier alpha value is -2.42. The molecule has 1 aromatic carbocycles. The summed E-state index contributed by atoms with van der Waals surface area (Å²) >= 11 is 0. The topological polar surface area (TPSA) is 85.8 Å². The number of amides is 1. The molecule has 9 heteroatoms. The molecule has 1 unspecified atom stereocenters. The molecule has 2 aromatic rings. The number of carbonyl (C=O) groups is 1. The monoisotopic (exact) mass is 299 g/mol. The minimum Gasteiger partial charge on any atom is -0.324 e. The summed E-state index contributed by atoms with van der Waals surface area (Å²) in [5, 5.41) is 9.92. The summed E-state index contributed by atoms with van der Waals surface area (Å²) in [6.45, 7) is 0.615. The summed E-state index contributed by atoms with van der Waals surface area (Å²) in [5.74, 6) is -1.33. The fourth-order valence-corrected chi connectivity index (χ4v) is 1.42. The standard InChI is InChI=1S/C12H12F3N5O/c1-11(16,12(13,14)15)10(21)19-8-2-4-9(5-3-8)20-17-6-7-18-20/h2-7H,16H2,1H3,(H,19,21). The molecule has 3 N–H and O–H groups in total. The third-order valence-corrected chi connectivity index (χ3v) is 2.84. The zero-order chi connectivity index (χ0) is 15.7. The van der Waals surface area contributed by atoms with Gasteiger partial charge in [-0.15, -0.1) is 0 Å². The van der Waals surface area contributed by atoms with Crippen LogP contribution in [0.4, 0.5) is 18.9 Å². The number of nitrogens with zero attached hydrogens (tertiary/aromatic N) is 3. The smallest absolute Gasteiger partial charge is 0.324 e. The van der Waals surface area contributed by atoms with Crippen LogP contribution in [0.15, 0.2) is 36.7 Å². The highest BCUT2D eigenvalue weighted by Crippen LogP contribution is 2.29. The summed E-state index contributed by atoms with van der Waals surface area (Å²) in [6, 6.07) is 5.97. The van der Waals surface area contributed by atoms with E-state index in [1.54, 1.807) is 12.1 Å². The average molecular weight is 299 g/mol. The van der Waals surface area contributed by atoms with Crippen molar-refractivity contribution in [1.82, 2.24) is 15.0 Å². The molecule has 6 nitrogen and oxygen atoms in total. The maximum absolute atomic E-state index is 12.6. The Labute approximate surface area is 117 Å². The summed E-state index contributed by atoms with van der Waals surface area (Å²) < 4.78 is 37.9. The molecule has 0 aliphatic carbocycles. The number of alkyl halides is 3. The van der Waals surface area contributed by atoms with Gasteiger partial charge in [0, 0.05) is 5.69 Å². The average Bonchev–Trinajstić information content (AvgIpc) is 2.92. The van der Waals surface area contributed by atoms with Crippen LogP contribution in [0.1, 0.15) is 6.92 Å². The largest absolute Gasteiger partial charge is 0.415 e. The van der Waals surface area contributed by atoms with Crippen molar-refractivity contribution in [3.8, 4) is 5.69 Å². The molecule has 0 aliphatic heterocycles. The lowest BCUT2D eigenvalue weighted by molar-refractivity contribution is -0.184. The number of nitrogens with one attached hydrogen (secondary N) is 1. The highest BCUT2D eigenvalue weighted by molar-refractivity contribution is 5.98. The Morgan fingerprint density at radius 3 is 2.19 bits per heavy atom. The van der Waals surface area contributed by atoms with E-state index in [4.69, 9.17) is 5.73 Å². The zero-order valence-electron chi connectivity index (χ0n) is 10.9. The lowest BCUT2D eigenvalue weighted by atomic mass is 10.0. The van der Waals surface area contributed by atoms with Crippen LogP contribution in [0.25, 0.3) is 5.69 Å². The summed E-state index contributed by atoms with van der Waals surface area (Å²) in [4.78, 5) is 12.9. The van der Waals surface area contributed by atoms with Gasteiger partial charge < -0.3 is 11.1 Å². The Morgan fingerprint density at radius 1 is 1.19 bits per heavy atom. The van der Waals surface area contributed by atoms with Crippen molar-refractivity contribution < 1.29 is 18.0 Å². The van der Waals surface area contributed by atoms with Crippen LogP contribution in [0.5, 0.6) is 0 Å². The van der Waals surface area contributed by atoms with Crippen molar-refractivity contribution in [3.05, 3.63) is 36.7 Å². The van der Waals surface area contributed by atoms with Gasteiger partial charge in [0.2, 0.25) is 0 Å². The second kappa shape index (κ2) is 5.17. The third kappa shape index (κ3) is 3.02. The lowest BCUT2D eigenvalue weighted by Gasteiger charge is -2.26. The minimum absolute atomic E-state index is 0.192. The predicted octanol–water partition coefficient (Wildman–Crippen LogP) is 1.49. The van der Waals surface area contributed by atoms with Crippen molar-refractivity contribution in [2.24, 2.45) is 5.73 Å². The first-order valence-electron chi connectivity index (χ1n) is 5.85. The molecule has 0 spiro atoms. The molecule has 0 radical (unpaired) electrons. The molecule has 1 aromatic heterocycles. The van der Waals surface area contributed by atoms with Crippen molar-refractivity contribution in [1.29, 1.82) is 0 Å². The number of rotatable bonds is 3. The highest BCUT2D eigenvalue weighted by Gasteiger charge is 2.53. The Bertz CT molecular complexity index is 619. The van der Waals surface area contributed by atoms with Gasteiger partial charge in [-0.05, 0) is 31.2 Å². The molecule has 1 atom stereocenters. The Kier molecular flexibility index (Phi) is 3.69. The van der Waals surface area contributed by atoms with Gasteiger partial charge in [-0.2, -0.15) is 28.2 Å². The number of carbonyl (C=O) groups excluding carboxylic acids is 1. The molecule has 21 heavy (non-hydrogen) atoms. The minimum atomic E-state index is -4.84. The quantitative estimate of drug-likeness (QED) is 0.899. The number of halogens is 3. The van der Waals surface area contributed by atoms with Crippen LogP contribution in [0, 0.1) is 0 Å². The fraction of sp³-hybridized carbons (Fsp3) is 0.250. The predicted molar refractivity (Wildman–Crippen MR) is 68.6 cm³/mol. The van der Waals surface area contributed by atoms with E-state index in [2.05, 4.69) is 15.5 Å². The second-order valence-corrected chi connectivity index (χ2v) is 4.52. The maximum Gasteiger partial charge on any atom is 0.415 e. The Morgan fingerprint density at radius 2 is 1.71 bits per heavy atom. The second-order valence-electron chi connectivity index (χ2n) is 4.52. The number of aromatic nitrogens is 3. The number of benzene rings is 1. The number of nitrogens with two attached hydrogens (primary N) is 1. The molecule has 0 fully saturated rings. The first-order valence-corrected chi connectivity index (χ1v) is 5.85. The zero-order valence-corrected chi connectivity index (χ0v) is 10.9. The molecule has 1 heterocycles. The summed E-state index contributed by atoms with van der Waals surface area (Å²) in [7, 11) is 0. The van der Waals surface area contributed by atoms with E-state index in [9.17, 15) is 18.0 Å². The van der Waals surface area contributed by atoms with Crippen LogP contribution in [0.2, 0.25) is 0 Å². The number of anilines is 1. The van der Waals surface area contributed by atoms with E-state index < -0.39 is 17.6 Å². The number of hydrogen-bond donors (Lipinski definition) is 2. The molecule has 0 saturated heterocycles. The van der Waals surface area contributed by atoms with Gasteiger partial charge >= 0.3 is 6.18 Å². The van der Waals surface area contributed by atoms with Gasteiger partial charge in [0.15, 0.2) is 5.54 Å². The van der Waals surface area contributed by atoms with Crippen LogP contribution >= 0.6 is 0 Å². The van der Waals surface area contributed by atoms with E-state index in [1.807, 2.05) is 0 Å². The summed E-state index contributed by atoms with van der Waals surface area (Å²) in [6.07, 6.45) is -1.87. The van der Waals surface area contributed by atoms with Crippen molar-refractivity contribution in [2.75, 3.05) is 5.32 Å². The highest BCUT2D eigenvalue weighted by atomic mass is 19.4. The fourth-order valence-electron chi connectivity index (χ4n) is 1.42. The molecule has 0 aliphatic rings. The third-order valence-electron chi connectivity index (χ3n) is 2.84. The van der Waals surface area contributed by atoms with Crippen LogP contribution in [-0.2, 0) is 4.79 Å². The van der Waals surface area contributed by atoms with E-state index in [0.717, 1.165) is 0 Å². The SMILES string of the molecule is CC(N)(C(=O)Nc1ccc(-n2nccn2)cc1)C(F)(F)F. The molecule has 0 saturated carbocycles. The molecule has 1 amide bonds. The van der Waals surface area contributed by atoms with Gasteiger partial charge in [-0.25, -0.2) is 0 Å². The first kappa shape index (κ1) is 15.0.